The molecule has 1 aromatic carbocycles. The SMILES string of the molecule is COc1ccccc1Cc1noc(CC(C)(O)CN)n1. The Kier molecular flexibility index (Phi) is 4.36. The number of rotatable bonds is 6. The molecule has 0 radical (unpaired) electrons. The van der Waals surface area contributed by atoms with Gasteiger partial charge in [0.05, 0.1) is 19.1 Å². The van der Waals surface area contributed by atoms with Crippen molar-refractivity contribution in [3.63, 3.8) is 0 Å². The van der Waals surface area contributed by atoms with Crippen LogP contribution in [0.4, 0.5) is 0 Å². The lowest BCUT2D eigenvalue weighted by molar-refractivity contribution is 0.0610. The molecule has 0 aliphatic heterocycles. The third kappa shape index (κ3) is 3.55. The molecule has 1 aromatic heterocycles. The van der Waals surface area contributed by atoms with E-state index in [9.17, 15) is 5.11 Å². The lowest BCUT2D eigenvalue weighted by Gasteiger charge is -2.17. The molecule has 3 N–H and O–H groups in total. The number of para-hydroxylation sites is 1. The van der Waals surface area contributed by atoms with Crippen molar-refractivity contribution in [2.45, 2.75) is 25.4 Å². The fourth-order valence-electron chi connectivity index (χ4n) is 1.85. The van der Waals surface area contributed by atoms with Crippen LogP contribution in [0.2, 0.25) is 0 Å². The van der Waals surface area contributed by atoms with Gasteiger partial charge >= 0.3 is 0 Å². The Morgan fingerprint density at radius 2 is 2.15 bits per heavy atom. The van der Waals surface area contributed by atoms with E-state index >= 15 is 0 Å². The number of benzene rings is 1. The van der Waals surface area contributed by atoms with Crippen molar-refractivity contribution in [1.29, 1.82) is 0 Å². The number of nitrogens with two attached hydrogens (primary N) is 1. The van der Waals surface area contributed by atoms with Gasteiger partial charge in [0, 0.05) is 18.5 Å². The molecular formula is C14H19N3O3. The molecule has 1 atom stereocenters. The van der Waals surface area contributed by atoms with Crippen molar-refractivity contribution in [2.75, 3.05) is 13.7 Å². The normalized spacial score (nSPS) is 14.0. The van der Waals surface area contributed by atoms with Gasteiger partial charge in [0.15, 0.2) is 5.82 Å². The quantitative estimate of drug-likeness (QED) is 0.815. The summed E-state index contributed by atoms with van der Waals surface area (Å²) in [7, 11) is 1.62. The maximum atomic E-state index is 9.89. The predicted molar refractivity (Wildman–Crippen MR) is 73.5 cm³/mol. The molecule has 108 valence electrons. The molecule has 1 unspecified atom stereocenters. The smallest absolute Gasteiger partial charge is 0.229 e. The van der Waals surface area contributed by atoms with Crippen LogP contribution < -0.4 is 10.5 Å². The van der Waals surface area contributed by atoms with Crippen LogP contribution >= 0.6 is 0 Å². The Balaban J connectivity index is 2.10. The molecule has 2 aromatic rings. The van der Waals surface area contributed by atoms with E-state index in [4.69, 9.17) is 15.0 Å². The molecule has 6 heteroatoms. The zero-order chi connectivity index (χ0) is 14.6. The number of aromatic nitrogens is 2. The first-order valence-corrected chi connectivity index (χ1v) is 6.40. The minimum Gasteiger partial charge on any atom is -0.496 e. The summed E-state index contributed by atoms with van der Waals surface area (Å²) in [4.78, 5) is 4.27. The Bertz CT molecular complexity index is 566. The molecular weight excluding hydrogens is 258 g/mol. The van der Waals surface area contributed by atoms with E-state index in [0.717, 1.165) is 11.3 Å². The van der Waals surface area contributed by atoms with Crippen molar-refractivity contribution in [3.05, 3.63) is 41.5 Å². The topological polar surface area (TPSA) is 94.4 Å². The molecule has 0 saturated carbocycles. The minimum atomic E-state index is -1.03. The van der Waals surface area contributed by atoms with Gasteiger partial charge in [0.2, 0.25) is 5.89 Å². The van der Waals surface area contributed by atoms with Gasteiger partial charge in [-0.05, 0) is 13.0 Å². The molecule has 0 aliphatic rings. The number of aliphatic hydroxyl groups is 1. The molecule has 0 fully saturated rings. The molecule has 0 bridgehead atoms. The number of methoxy groups -OCH3 is 1. The summed E-state index contributed by atoms with van der Waals surface area (Å²) in [6.07, 6.45) is 0.751. The van der Waals surface area contributed by atoms with Crippen LogP contribution in [0.25, 0.3) is 0 Å². The van der Waals surface area contributed by atoms with Gasteiger partial charge in [0.25, 0.3) is 0 Å². The highest BCUT2D eigenvalue weighted by Gasteiger charge is 2.22. The second kappa shape index (κ2) is 6.02. The average molecular weight is 277 g/mol. The van der Waals surface area contributed by atoms with Crippen LogP contribution in [-0.4, -0.2) is 34.5 Å². The maximum absolute atomic E-state index is 9.89. The lowest BCUT2D eigenvalue weighted by Crippen LogP contribution is -2.36. The highest BCUT2D eigenvalue weighted by Crippen LogP contribution is 2.20. The minimum absolute atomic E-state index is 0.136. The average Bonchev–Trinajstić information content (AvgIpc) is 2.86. The monoisotopic (exact) mass is 277 g/mol. The van der Waals surface area contributed by atoms with Gasteiger partial charge in [-0.3, -0.25) is 0 Å². The van der Waals surface area contributed by atoms with E-state index < -0.39 is 5.60 Å². The highest BCUT2D eigenvalue weighted by atomic mass is 16.5. The van der Waals surface area contributed by atoms with Crippen LogP contribution in [0.15, 0.2) is 28.8 Å². The summed E-state index contributed by atoms with van der Waals surface area (Å²) in [5.41, 5.74) is 5.41. The van der Waals surface area contributed by atoms with Gasteiger partial charge < -0.3 is 20.1 Å². The molecule has 20 heavy (non-hydrogen) atoms. The summed E-state index contributed by atoms with van der Waals surface area (Å²) >= 11 is 0. The first-order chi connectivity index (χ1) is 9.54. The number of ether oxygens (including phenoxy) is 1. The summed E-state index contributed by atoms with van der Waals surface area (Å²) in [6, 6.07) is 7.67. The molecule has 0 spiro atoms. The van der Waals surface area contributed by atoms with Gasteiger partial charge in [-0.25, -0.2) is 0 Å². The van der Waals surface area contributed by atoms with Crippen molar-refractivity contribution < 1.29 is 14.4 Å². The van der Waals surface area contributed by atoms with E-state index in [1.807, 2.05) is 24.3 Å². The number of hydrogen-bond acceptors (Lipinski definition) is 6. The van der Waals surface area contributed by atoms with Crippen LogP contribution in [0.3, 0.4) is 0 Å². The van der Waals surface area contributed by atoms with Crippen LogP contribution in [-0.2, 0) is 12.8 Å². The summed E-state index contributed by atoms with van der Waals surface area (Å²) in [6.45, 7) is 1.77. The van der Waals surface area contributed by atoms with E-state index in [-0.39, 0.29) is 13.0 Å². The first kappa shape index (κ1) is 14.5. The molecule has 0 aliphatic carbocycles. The Morgan fingerprint density at radius 3 is 2.85 bits per heavy atom. The zero-order valence-corrected chi connectivity index (χ0v) is 11.7. The van der Waals surface area contributed by atoms with E-state index in [1.54, 1.807) is 14.0 Å². The Morgan fingerprint density at radius 1 is 1.40 bits per heavy atom. The van der Waals surface area contributed by atoms with E-state index in [2.05, 4.69) is 10.1 Å². The van der Waals surface area contributed by atoms with Gasteiger partial charge in [-0.15, -0.1) is 0 Å². The third-order valence-corrected chi connectivity index (χ3v) is 3.02. The van der Waals surface area contributed by atoms with Gasteiger partial charge in [-0.1, -0.05) is 23.4 Å². The summed E-state index contributed by atoms with van der Waals surface area (Å²) in [5, 5.41) is 13.8. The van der Waals surface area contributed by atoms with E-state index in [0.29, 0.717) is 18.1 Å². The summed E-state index contributed by atoms with van der Waals surface area (Å²) < 4.78 is 10.4. The van der Waals surface area contributed by atoms with Gasteiger partial charge in [0.1, 0.15) is 5.75 Å². The Labute approximate surface area is 117 Å². The fourth-order valence-corrected chi connectivity index (χ4v) is 1.85. The second-order valence-corrected chi connectivity index (χ2v) is 4.97. The molecule has 6 nitrogen and oxygen atoms in total. The van der Waals surface area contributed by atoms with Crippen molar-refractivity contribution >= 4 is 0 Å². The van der Waals surface area contributed by atoms with Crippen LogP contribution in [0.1, 0.15) is 24.2 Å². The fraction of sp³-hybridized carbons (Fsp3) is 0.429. The highest BCUT2D eigenvalue weighted by molar-refractivity contribution is 5.35. The number of hydrogen-bond donors (Lipinski definition) is 2. The van der Waals surface area contributed by atoms with E-state index in [1.165, 1.54) is 0 Å². The lowest BCUT2D eigenvalue weighted by atomic mass is 10.0. The number of nitrogens with zero attached hydrogens (tertiary/aromatic N) is 2. The largest absolute Gasteiger partial charge is 0.496 e. The van der Waals surface area contributed by atoms with Crippen molar-refractivity contribution in [2.24, 2.45) is 5.73 Å². The van der Waals surface area contributed by atoms with Crippen LogP contribution in [0, 0.1) is 0 Å². The van der Waals surface area contributed by atoms with Crippen molar-refractivity contribution in [1.82, 2.24) is 10.1 Å². The van der Waals surface area contributed by atoms with Crippen molar-refractivity contribution in [3.8, 4) is 5.75 Å². The maximum Gasteiger partial charge on any atom is 0.229 e. The first-order valence-electron chi connectivity index (χ1n) is 6.40. The molecule has 0 amide bonds. The standard InChI is InChI=1S/C14H19N3O3/c1-14(18,9-15)8-13-16-12(17-20-13)7-10-5-3-4-6-11(10)19-2/h3-6,18H,7-9,15H2,1-2H3. The third-order valence-electron chi connectivity index (χ3n) is 3.02. The second-order valence-electron chi connectivity index (χ2n) is 4.97. The zero-order valence-electron chi connectivity index (χ0n) is 11.7. The molecule has 0 saturated heterocycles. The molecule has 2 rings (SSSR count). The predicted octanol–water partition coefficient (Wildman–Crippen LogP) is 0.921. The Hall–Kier alpha value is -1.92. The van der Waals surface area contributed by atoms with Gasteiger partial charge in [-0.2, -0.15) is 4.98 Å². The van der Waals surface area contributed by atoms with Crippen LogP contribution in [0.5, 0.6) is 5.75 Å². The summed E-state index contributed by atoms with van der Waals surface area (Å²) in [5.74, 6) is 1.72. The molecule has 1 heterocycles.